The van der Waals surface area contributed by atoms with Crippen molar-refractivity contribution in [1.29, 1.82) is 0 Å². The van der Waals surface area contributed by atoms with E-state index >= 15 is 0 Å². The number of alkyl halides is 3. The van der Waals surface area contributed by atoms with Crippen LogP contribution < -0.4 is 4.74 Å². The number of rotatable bonds is 3. The summed E-state index contributed by atoms with van der Waals surface area (Å²) in [6.07, 6.45) is 0. The summed E-state index contributed by atoms with van der Waals surface area (Å²) in [5.74, 6) is -2.38. The Hall–Kier alpha value is -1.68. The van der Waals surface area contributed by atoms with Crippen molar-refractivity contribution in [3.8, 4) is 11.5 Å². The van der Waals surface area contributed by atoms with E-state index in [1.165, 1.54) is 0 Å². The molecular weight excluding hydrogens is 411 g/mol. The molecule has 0 aromatic heterocycles. The van der Waals surface area contributed by atoms with Crippen LogP contribution in [0.25, 0.3) is 0 Å². The first kappa shape index (κ1) is 17.7. The van der Waals surface area contributed by atoms with E-state index in [1.807, 2.05) is 0 Å². The highest BCUT2D eigenvalue weighted by Gasteiger charge is 2.47. The maximum atomic E-state index is 13.5. The van der Waals surface area contributed by atoms with E-state index in [4.69, 9.17) is 4.74 Å². The monoisotopic (exact) mass is 416 g/mol. The molecule has 0 saturated heterocycles. The van der Waals surface area contributed by atoms with Gasteiger partial charge < -0.3 is 4.74 Å². The van der Waals surface area contributed by atoms with Gasteiger partial charge in [-0.1, -0.05) is 0 Å². The molecule has 0 atom stereocenters. The van der Waals surface area contributed by atoms with Crippen molar-refractivity contribution >= 4 is 25.8 Å². The average Bonchev–Trinajstić information content (AvgIpc) is 2.42. The molecule has 0 aliphatic carbocycles. The molecule has 0 N–H and O–H groups in total. The van der Waals surface area contributed by atoms with E-state index in [0.29, 0.717) is 18.2 Å². The Morgan fingerprint density at radius 1 is 0.957 bits per heavy atom. The van der Waals surface area contributed by atoms with Crippen molar-refractivity contribution in [1.82, 2.24) is 0 Å². The Labute approximate surface area is 135 Å². The van der Waals surface area contributed by atoms with Gasteiger partial charge in [-0.2, -0.15) is 13.2 Å². The molecule has 2 rings (SSSR count). The summed E-state index contributed by atoms with van der Waals surface area (Å²) in [7, 11) is -5.51. The highest BCUT2D eigenvalue weighted by Crippen LogP contribution is 2.36. The predicted molar refractivity (Wildman–Crippen MR) is 73.8 cm³/mol. The molecule has 3 nitrogen and oxygen atoms in total. The van der Waals surface area contributed by atoms with Gasteiger partial charge in [0.25, 0.3) is 9.84 Å². The van der Waals surface area contributed by atoms with E-state index < -0.39 is 31.9 Å². The van der Waals surface area contributed by atoms with Gasteiger partial charge in [-0.25, -0.2) is 17.2 Å². The normalized spacial score (nSPS) is 12.3. The van der Waals surface area contributed by atoms with E-state index in [2.05, 4.69) is 15.9 Å². The fraction of sp³-hybridized carbons (Fsp3) is 0.0769. The molecule has 2 aromatic carbocycles. The lowest BCUT2D eigenvalue weighted by Crippen LogP contribution is -2.23. The van der Waals surface area contributed by atoms with Gasteiger partial charge in [0, 0.05) is 6.07 Å². The van der Waals surface area contributed by atoms with Gasteiger partial charge in [-0.3, -0.25) is 0 Å². The van der Waals surface area contributed by atoms with Crippen LogP contribution in [0.2, 0.25) is 0 Å². The van der Waals surface area contributed by atoms with Crippen LogP contribution in [0, 0.1) is 11.6 Å². The minimum atomic E-state index is -5.51. The molecule has 0 saturated carbocycles. The topological polar surface area (TPSA) is 43.4 Å². The van der Waals surface area contributed by atoms with Gasteiger partial charge in [-0.15, -0.1) is 0 Å². The fourth-order valence-electron chi connectivity index (χ4n) is 1.54. The molecule has 124 valence electrons. The number of hydrogen-bond donors (Lipinski definition) is 0. The molecule has 0 aliphatic rings. The molecule has 0 aliphatic heterocycles. The number of ether oxygens (including phenoxy) is 1. The number of halogens is 6. The third-order valence-corrected chi connectivity index (χ3v) is 4.74. The highest BCUT2D eigenvalue weighted by atomic mass is 79.9. The van der Waals surface area contributed by atoms with Crippen LogP contribution in [0.4, 0.5) is 22.0 Å². The summed E-state index contributed by atoms with van der Waals surface area (Å²) in [5.41, 5.74) is -5.45. The summed E-state index contributed by atoms with van der Waals surface area (Å²) < 4.78 is 91.2. The largest absolute Gasteiger partial charge is 0.501 e. The van der Waals surface area contributed by atoms with Crippen molar-refractivity contribution in [2.24, 2.45) is 0 Å². The Morgan fingerprint density at radius 2 is 1.57 bits per heavy atom. The molecule has 0 heterocycles. The third-order valence-electron chi connectivity index (χ3n) is 2.63. The second-order valence-electron chi connectivity index (χ2n) is 4.22. The second kappa shape index (κ2) is 6.08. The summed E-state index contributed by atoms with van der Waals surface area (Å²) in [6, 6.07) is 4.74. The second-order valence-corrected chi connectivity index (χ2v) is 7.01. The van der Waals surface area contributed by atoms with E-state index in [-0.39, 0.29) is 16.0 Å². The molecule has 0 fully saturated rings. The standard InChI is InChI=1S/C13H6BrF5O3S/c14-9-6-8(23(20,21)13(17,18)19)2-4-11(9)22-12-3-1-7(15)5-10(12)16/h1-6H. The quantitative estimate of drug-likeness (QED) is 0.674. The van der Waals surface area contributed by atoms with Crippen molar-refractivity contribution in [3.05, 3.63) is 52.5 Å². The Balaban J connectivity index is 2.37. The minimum absolute atomic E-state index is 0.142. The number of sulfone groups is 1. The van der Waals surface area contributed by atoms with Crippen LogP contribution >= 0.6 is 15.9 Å². The average molecular weight is 417 g/mol. The van der Waals surface area contributed by atoms with Gasteiger partial charge in [0.05, 0.1) is 9.37 Å². The molecule has 2 aromatic rings. The van der Waals surface area contributed by atoms with Crippen molar-refractivity contribution in [3.63, 3.8) is 0 Å². The Morgan fingerprint density at radius 3 is 2.09 bits per heavy atom. The first-order valence-electron chi connectivity index (χ1n) is 5.76. The first-order chi connectivity index (χ1) is 10.5. The van der Waals surface area contributed by atoms with Crippen LogP contribution in [0.5, 0.6) is 11.5 Å². The Kier molecular flexibility index (Phi) is 4.67. The van der Waals surface area contributed by atoms with Crippen LogP contribution in [-0.4, -0.2) is 13.9 Å². The van der Waals surface area contributed by atoms with Crippen LogP contribution in [0.15, 0.2) is 45.8 Å². The molecule has 0 spiro atoms. The van der Waals surface area contributed by atoms with Gasteiger partial charge in [-0.05, 0) is 46.3 Å². The van der Waals surface area contributed by atoms with Gasteiger partial charge in [0.2, 0.25) is 0 Å². The SMILES string of the molecule is O=S(=O)(c1ccc(Oc2ccc(F)cc2F)c(Br)c1)C(F)(F)F. The van der Waals surface area contributed by atoms with Crippen LogP contribution in [0.3, 0.4) is 0 Å². The molecule has 0 radical (unpaired) electrons. The molecule has 10 heteroatoms. The van der Waals surface area contributed by atoms with Crippen LogP contribution in [-0.2, 0) is 9.84 Å². The first-order valence-corrected chi connectivity index (χ1v) is 8.04. The maximum Gasteiger partial charge on any atom is 0.501 e. The van der Waals surface area contributed by atoms with Gasteiger partial charge in [0.15, 0.2) is 11.6 Å². The van der Waals surface area contributed by atoms with E-state index in [1.54, 1.807) is 0 Å². The molecule has 0 unspecified atom stereocenters. The van der Waals surface area contributed by atoms with E-state index in [9.17, 15) is 30.4 Å². The molecule has 0 amide bonds. The number of hydrogen-bond acceptors (Lipinski definition) is 3. The molecule has 0 bridgehead atoms. The zero-order valence-electron chi connectivity index (χ0n) is 10.9. The summed E-state index contributed by atoms with van der Waals surface area (Å²) in [6.45, 7) is 0. The predicted octanol–water partition coefficient (Wildman–Crippen LogP) is 4.81. The fourth-order valence-corrected chi connectivity index (χ4v) is 2.94. The van der Waals surface area contributed by atoms with Crippen molar-refractivity contribution in [2.75, 3.05) is 0 Å². The minimum Gasteiger partial charge on any atom is -0.453 e. The van der Waals surface area contributed by atoms with Gasteiger partial charge in [0.1, 0.15) is 11.6 Å². The molecular formula is C13H6BrF5O3S. The lowest BCUT2D eigenvalue weighted by molar-refractivity contribution is -0.0436. The van der Waals surface area contributed by atoms with E-state index in [0.717, 1.165) is 18.2 Å². The smallest absolute Gasteiger partial charge is 0.453 e. The maximum absolute atomic E-state index is 13.5. The zero-order valence-corrected chi connectivity index (χ0v) is 13.3. The molecule has 23 heavy (non-hydrogen) atoms. The number of benzene rings is 2. The lowest BCUT2D eigenvalue weighted by atomic mass is 10.3. The third kappa shape index (κ3) is 3.63. The summed E-state index contributed by atoms with van der Waals surface area (Å²) >= 11 is 2.85. The highest BCUT2D eigenvalue weighted by molar-refractivity contribution is 9.10. The summed E-state index contributed by atoms with van der Waals surface area (Å²) in [4.78, 5) is -0.996. The van der Waals surface area contributed by atoms with Crippen LogP contribution in [0.1, 0.15) is 0 Å². The zero-order chi connectivity index (χ0) is 17.4. The van der Waals surface area contributed by atoms with Crippen molar-refractivity contribution in [2.45, 2.75) is 10.4 Å². The van der Waals surface area contributed by atoms with Crippen molar-refractivity contribution < 1.29 is 35.1 Å². The summed E-state index contributed by atoms with van der Waals surface area (Å²) in [5, 5.41) is 0. The van der Waals surface area contributed by atoms with Gasteiger partial charge >= 0.3 is 5.51 Å². The Bertz CT molecular complexity index is 849. The lowest BCUT2D eigenvalue weighted by Gasteiger charge is -2.12.